The van der Waals surface area contributed by atoms with Crippen molar-refractivity contribution >= 4 is 0 Å². The lowest BCUT2D eigenvalue weighted by Gasteiger charge is -2.55. The predicted molar refractivity (Wildman–Crippen MR) is 134 cm³/mol. The highest BCUT2D eigenvalue weighted by atomic mass is 19.4. The Bertz CT molecular complexity index is 1250. The molecule has 13 heteroatoms. The standard InChI is InChI=1S/C30H31F9O4/c1-2-3-4-5-17-6-8-18(9-7-17)27-14-40-30(41-15-27,42-16-27)19-10-21(31)26(22(32)11-19)29(38,39)43-20-12-23(33)25(24(34)13-20)28(35,36)37/h10-13,17-18H,2-9,14-16H2,1H3. The fraction of sp³-hybridized carbons (Fsp3) is 0.600. The third-order valence-corrected chi connectivity index (χ3v) is 8.81. The SMILES string of the molecule is CCCCCC1CCC(C23COC(c4cc(F)c(C(F)(F)Oc5cc(F)c(C(F)(F)F)c(F)c5)c(F)c4)(OC2)OC3)CC1. The second kappa shape index (κ2) is 11.8. The van der Waals surface area contributed by atoms with Crippen molar-refractivity contribution in [1.29, 1.82) is 0 Å². The highest BCUT2D eigenvalue weighted by Crippen LogP contribution is 2.52. The molecule has 43 heavy (non-hydrogen) atoms. The van der Waals surface area contributed by atoms with E-state index in [2.05, 4.69) is 11.7 Å². The zero-order valence-electron chi connectivity index (χ0n) is 23.3. The van der Waals surface area contributed by atoms with Crippen LogP contribution in [-0.4, -0.2) is 19.8 Å². The summed E-state index contributed by atoms with van der Waals surface area (Å²) in [6.07, 6.45) is -1.42. The molecule has 2 aromatic carbocycles. The Morgan fingerprint density at radius 2 is 1.26 bits per heavy atom. The summed E-state index contributed by atoms with van der Waals surface area (Å²) in [5.74, 6) is -10.7. The van der Waals surface area contributed by atoms with Gasteiger partial charge in [-0.05, 0) is 36.8 Å². The molecule has 4 aliphatic rings. The maximum atomic E-state index is 15.0. The van der Waals surface area contributed by atoms with Gasteiger partial charge in [-0.1, -0.05) is 45.4 Å². The Hall–Kier alpha value is -2.51. The summed E-state index contributed by atoms with van der Waals surface area (Å²) in [6.45, 7) is 2.69. The average Bonchev–Trinajstić information content (AvgIpc) is 2.92. The molecule has 238 valence electrons. The summed E-state index contributed by atoms with van der Waals surface area (Å²) < 4.78 is 147. The molecule has 2 bridgehead atoms. The van der Waals surface area contributed by atoms with Crippen molar-refractivity contribution < 1.29 is 58.5 Å². The summed E-state index contributed by atoms with van der Waals surface area (Å²) >= 11 is 0. The number of alkyl halides is 5. The Labute approximate surface area is 242 Å². The molecule has 0 radical (unpaired) electrons. The van der Waals surface area contributed by atoms with E-state index < -0.39 is 63.8 Å². The second-order valence-corrected chi connectivity index (χ2v) is 11.7. The lowest BCUT2D eigenvalue weighted by molar-refractivity contribution is -0.486. The van der Waals surface area contributed by atoms with E-state index in [0.717, 1.165) is 25.7 Å². The third kappa shape index (κ3) is 6.22. The van der Waals surface area contributed by atoms with Gasteiger partial charge in [-0.3, -0.25) is 0 Å². The van der Waals surface area contributed by atoms with Crippen LogP contribution in [-0.2, 0) is 32.5 Å². The van der Waals surface area contributed by atoms with Crippen molar-refractivity contribution in [2.75, 3.05) is 19.8 Å². The van der Waals surface area contributed by atoms with Crippen molar-refractivity contribution in [3.63, 3.8) is 0 Å². The quantitative estimate of drug-likeness (QED) is 0.206. The van der Waals surface area contributed by atoms with Gasteiger partial charge in [0.1, 0.15) is 40.1 Å². The first-order valence-corrected chi connectivity index (χ1v) is 14.2. The first-order valence-electron chi connectivity index (χ1n) is 14.2. The van der Waals surface area contributed by atoms with Gasteiger partial charge in [0.05, 0.1) is 19.8 Å². The Kier molecular flexibility index (Phi) is 8.73. The van der Waals surface area contributed by atoms with Gasteiger partial charge in [0.2, 0.25) is 0 Å². The average molecular weight is 627 g/mol. The minimum absolute atomic E-state index is 0.159. The molecule has 6 rings (SSSR count). The summed E-state index contributed by atoms with van der Waals surface area (Å²) in [5.41, 5.74) is -5.09. The molecule has 0 spiro atoms. The maximum Gasteiger partial charge on any atom is 0.432 e. The monoisotopic (exact) mass is 626 g/mol. The summed E-state index contributed by atoms with van der Waals surface area (Å²) in [7, 11) is 0. The Morgan fingerprint density at radius 3 is 1.74 bits per heavy atom. The molecular weight excluding hydrogens is 595 g/mol. The molecule has 4 nitrogen and oxygen atoms in total. The van der Waals surface area contributed by atoms with Crippen molar-refractivity contribution in [3.05, 3.63) is 64.2 Å². The van der Waals surface area contributed by atoms with Crippen LogP contribution < -0.4 is 4.74 Å². The molecule has 3 saturated heterocycles. The van der Waals surface area contributed by atoms with E-state index in [1.807, 2.05) is 0 Å². The first-order chi connectivity index (χ1) is 20.2. The molecule has 1 saturated carbocycles. The van der Waals surface area contributed by atoms with Crippen molar-refractivity contribution in [3.8, 4) is 5.75 Å². The maximum absolute atomic E-state index is 15.0. The smallest absolute Gasteiger partial charge is 0.429 e. The topological polar surface area (TPSA) is 36.9 Å². The Morgan fingerprint density at radius 1 is 0.744 bits per heavy atom. The summed E-state index contributed by atoms with van der Waals surface area (Å²) in [5, 5.41) is 0. The van der Waals surface area contributed by atoms with Crippen LogP contribution in [0.15, 0.2) is 24.3 Å². The number of benzene rings is 2. The minimum atomic E-state index is -5.46. The van der Waals surface area contributed by atoms with Gasteiger partial charge in [0.25, 0.3) is 0 Å². The zero-order valence-corrected chi connectivity index (χ0v) is 23.3. The van der Waals surface area contributed by atoms with E-state index in [4.69, 9.17) is 14.2 Å². The highest BCUT2D eigenvalue weighted by Gasteiger charge is 2.57. The summed E-state index contributed by atoms with van der Waals surface area (Å²) in [4.78, 5) is 0. The van der Waals surface area contributed by atoms with Gasteiger partial charge in [-0.2, -0.15) is 22.0 Å². The molecule has 4 fully saturated rings. The zero-order chi connectivity index (χ0) is 31.2. The van der Waals surface area contributed by atoms with E-state index in [1.165, 1.54) is 25.7 Å². The van der Waals surface area contributed by atoms with Crippen LogP contribution in [0.25, 0.3) is 0 Å². The Balaban J connectivity index is 1.28. The van der Waals surface area contributed by atoms with Gasteiger partial charge in [-0.15, -0.1) is 0 Å². The molecular formula is C30H31F9O4. The predicted octanol–water partition coefficient (Wildman–Crippen LogP) is 8.95. The van der Waals surface area contributed by atoms with E-state index >= 15 is 8.78 Å². The van der Waals surface area contributed by atoms with Crippen LogP contribution in [0.2, 0.25) is 0 Å². The van der Waals surface area contributed by atoms with E-state index in [9.17, 15) is 30.7 Å². The number of hydrogen-bond acceptors (Lipinski definition) is 4. The molecule has 2 aromatic rings. The number of fused-ring (bicyclic) bond motifs is 3. The van der Waals surface area contributed by atoms with Crippen LogP contribution in [0, 0.1) is 40.5 Å². The van der Waals surface area contributed by atoms with Crippen molar-refractivity contribution in [2.24, 2.45) is 17.3 Å². The van der Waals surface area contributed by atoms with E-state index in [1.54, 1.807) is 0 Å². The van der Waals surface area contributed by atoms with Crippen molar-refractivity contribution in [2.45, 2.75) is 76.5 Å². The number of halogens is 9. The van der Waals surface area contributed by atoms with Gasteiger partial charge in [0, 0.05) is 23.1 Å². The number of ether oxygens (including phenoxy) is 4. The molecule has 3 aliphatic heterocycles. The molecule has 0 unspecified atom stereocenters. The molecule has 0 N–H and O–H groups in total. The van der Waals surface area contributed by atoms with Gasteiger partial charge in [-0.25, -0.2) is 17.6 Å². The number of rotatable bonds is 9. The molecule has 0 amide bonds. The third-order valence-electron chi connectivity index (χ3n) is 8.81. The molecule has 3 heterocycles. The normalized spacial score (nSPS) is 27.9. The number of hydrogen-bond donors (Lipinski definition) is 0. The second-order valence-electron chi connectivity index (χ2n) is 11.7. The van der Waals surface area contributed by atoms with Gasteiger partial charge < -0.3 is 18.9 Å². The van der Waals surface area contributed by atoms with Crippen LogP contribution in [0.5, 0.6) is 5.75 Å². The number of unbranched alkanes of at least 4 members (excludes halogenated alkanes) is 2. The van der Waals surface area contributed by atoms with E-state index in [0.29, 0.717) is 18.1 Å². The largest absolute Gasteiger partial charge is 0.432 e. The van der Waals surface area contributed by atoms with Crippen LogP contribution in [0.4, 0.5) is 39.5 Å². The summed E-state index contributed by atoms with van der Waals surface area (Å²) in [6, 6.07) is 0.689. The van der Waals surface area contributed by atoms with E-state index in [-0.39, 0.29) is 43.4 Å². The van der Waals surface area contributed by atoms with Gasteiger partial charge >= 0.3 is 18.3 Å². The van der Waals surface area contributed by atoms with Crippen LogP contribution >= 0.6 is 0 Å². The van der Waals surface area contributed by atoms with Crippen LogP contribution in [0.3, 0.4) is 0 Å². The lowest BCUT2D eigenvalue weighted by Crippen LogP contribution is -2.61. The van der Waals surface area contributed by atoms with Crippen molar-refractivity contribution in [1.82, 2.24) is 0 Å². The highest BCUT2D eigenvalue weighted by molar-refractivity contribution is 5.35. The van der Waals surface area contributed by atoms with Gasteiger partial charge in [0.15, 0.2) is 0 Å². The molecule has 0 atom stereocenters. The molecule has 0 aromatic heterocycles. The fourth-order valence-electron chi connectivity index (χ4n) is 6.42. The fourth-order valence-corrected chi connectivity index (χ4v) is 6.42. The first kappa shape index (κ1) is 31.9. The van der Waals surface area contributed by atoms with Crippen LogP contribution in [0.1, 0.15) is 75.0 Å². The lowest BCUT2D eigenvalue weighted by atomic mass is 9.66. The molecule has 1 aliphatic carbocycles. The minimum Gasteiger partial charge on any atom is -0.429 e.